The largest absolute Gasteiger partial charge is 0.480 e. The summed E-state index contributed by atoms with van der Waals surface area (Å²) in [6.45, 7) is 7.05. The Kier molecular flexibility index (Phi) is 6.38. The molecule has 0 unspecified atom stereocenters. The minimum absolute atomic E-state index is 0.171. The molecule has 0 radical (unpaired) electrons. The van der Waals surface area contributed by atoms with Gasteiger partial charge in [0.05, 0.1) is 0 Å². The van der Waals surface area contributed by atoms with Crippen LogP contribution < -0.4 is 5.32 Å². The smallest absolute Gasteiger partial charge is 0.329 e. The van der Waals surface area contributed by atoms with E-state index in [1.807, 2.05) is 0 Å². The standard InChI is InChI=1S/C16H29N3O4/c1-13(19-9-7-18(2)8-10-19)3-4-14(20)17-16(15(21)22)5-11-23-12-6-16/h13H,3-12H2,1-2H3,(H,17,20)(H,21,22)/t13-/m1/s1. The number of rotatable bonds is 6. The number of piperazine rings is 1. The molecule has 2 saturated heterocycles. The lowest BCUT2D eigenvalue weighted by Crippen LogP contribution is -2.57. The molecule has 2 aliphatic rings. The molecule has 1 atom stereocenters. The summed E-state index contributed by atoms with van der Waals surface area (Å²) in [5.41, 5.74) is -1.15. The average Bonchev–Trinajstić information content (AvgIpc) is 2.54. The molecule has 0 saturated carbocycles. The number of hydrogen-bond donors (Lipinski definition) is 2. The Morgan fingerprint density at radius 2 is 1.83 bits per heavy atom. The number of carbonyl (C=O) groups excluding carboxylic acids is 1. The van der Waals surface area contributed by atoms with Crippen molar-refractivity contribution in [2.24, 2.45) is 0 Å². The van der Waals surface area contributed by atoms with E-state index in [0.717, 1.165) is 32.6 Å². The Bertz CT molecular complexity index is 416. The van der Waals surface area contributed by atoms with E-state index in [4.69, 9.17) is 4.74 Å². The summed E-state index contributed by atoms with van der Waals surface area (Å²) in [5.74, 6) is -1.13. The molecule has 0 aromatic carbocycles. The highest BCUT2D eigenvalue weighted by molar-refractivity contribution is 5.87. The maximum atomic E-state index is 12.2. The fourth-order valence-electron chi connectivity index (χ4n) is 3.23. The highest BCUT2D eigenvalue weighted by Gasteiger charge is 2.41. The second kappa shape index (κ2) is 8.08. The number of hydrogen-bond acceptors (Lipinski definition) is 5. The van der Waals surface area contributed by atoms with Crippen LogP contribution in [0.5, 0.6) is 0 Å². The van der Waals surface area contributed by atoms with Crippen molar-refractivity contribution in [2.45, 2.75) is 44.2 Å². The van der Waals surface area contributed by atoms with Gasteiger partial charge in [-0.25, -0.2) is 4.79 Å². The molecule has 7 nitrogen and oxygen atoms in total. The van der Waals surface area contributed by atoms with E-state index in [-0.39, 0.29) is 5.91 Å². The lowest BCUT2D eigenvalue weighted by molar-refractivity contribution is -0.152. The molecular weight excluding hydrogens is 298 g/mol. The van der Waals surface area contributed by atoms with Gasteiger partial charge in [0.2, 0.25) is 5.91 Å². The SMILES string of the molecule is C[C@H](CCC(=O)NC1(C(=O)O)CCOCC1)N1CCN(C)CC1. The quantitative estimate of drug-likeness (QED) is 0.723. The van der Waals surface area contributed by atoms with E-state index in [2.05, 4.69) is 29.1 Å². The van der Waals surface area contributed by atoms with Gasteiger partial charge in [-0.05, 0) is 20.4 Å². The van der Waals surface area contributed by atoms with E-state index in [9.17, 15) is 14.7 Å². The number of carboxylic acids is 1. The first kappa shape index (κ1) is 18.2. The lowest BCUT2D eigenvalue weighted by atomic mass is 9.90. The molecule has 132 valence electrons. The third kappa shape index (κ3) is 4.89. The Hall–Kier alpha value is -1.18. The number of carbonyl (C=O) groups is 2. The van der Waals surface area contributed by atoms with Crippen molar-refractivity contribution in [2.75, 3.05) is 46.4 Å². The fraction of sp³-hybridized carbons (Fsp3) is 0.875. The Morgan fingerprint density at radius 3 is 2.39 bits per heavy atom. The van der Waals surface area contributed by atoms with Crippen LogP contribution in [-0.2, 0) is 14.3 Å². The summed E-state index contributed by atoms with van der Waals surface area (Å²) >= 11 is 0. The van der Waals surface area contributed by atoms with Crippen molar-refractivity contribution in [1.29, 1.82) is 0 Å². The van der Waals surface area contributed by atoms with Crippen molar-refractivity contribution < 1.29 is 19.4 Å². The minimum Gasteiger partial charge on any atom is -0.480 e. The van der Waals surface area contributed by atoms with Crippen molar-refractivity contribution in [3.8, 4) is 0 Å². The Labute approximate surface area is 138 Å². The van der Waals surface area contributed by atoms with Gasteiger partial charge in [0.25, 0.3) is 0 Å². The topological polar surface area (TPSA) is 82.1 Å². The molecule has 2 N–H and O–H groups in total. The molecule has 0 bridgehead atoms. The van der Waals surface area contributed by atoms with E-state index in [1.54, 1.807) is 0 Å². The first-order valence-electron chi connectivity index (χ1n) is 8.48. The zero-order chi connectivity index (χ0) is 16.9. The van der Waals surface area contributed by atoms with Crippen molar-refractivity contribution in [1.82, 2.24) is 15.1 Å². The normalized spacial score (nSPS) is 24.1. The van der Waals surface area contributed by atoms with Gasteiger partial charge in [-0.15, -0.1) is 0 Å². The second-order valence-electron chi connectivity index (χ2n) is 6.77. The molecule has 23 heavy (non-hydrogen) atoms. The fourth-order valence-corrected chi connectivity index (χ4v) is 3.23. The number of likely N-dealkylation sites (N-methyl/N-ethyl adjacent to an activating group) is 1. The first-order chi connectivity index (χ1) is 10.9. The number of carboxylic acid groups (broad SMARTS) is 1. The first-order valence-corrected chi connectivity index (χ1v) is 8.48. The van der Waals surface area contributed by atoms with E-state index >= 15 is 0 Å². The van der Waals surface area contributed by atoms with Gasteiger partial charge in [-0.1, -0.05) is 0 Å². The summed E-state index contributed by atoms with van der Waals surface area (Å²) < 4.78 is 5.22. The highest BCUT2D eigenvalue weighted by atomic mass is 16.5. The molecule has 0 aliphatic carbocycles. The molecule has 0 spiro atoms. The monoisotopic (exact) mass is 327 g/mol. The van der Waals surface area contributed by atoms with Crippen LogP contribution in [0.15, 0.2) is 0 Å². The third-order valence-electron chi connectivity index (χ3n) is 5.08. The number of ether oxygens (including phenoxy) is 1. The molecule has 1 amide bonds. The lowest BCUT2D eigenvalue weighted by Gasteiger charge is -2.37. The molecule has 2 heterocycles. The molecule has 0 aromatic rings. The molecule has 2 fully saturated rings. The van der Waals surface area contributed by atoms with Gasteiger partial charge >= 0.3 is 5.97 Å². The summed E-state index contributed by atoms with van der Waals surface area (Å²) in [6.07, 6.45) is 1.79. The maximum absolute atomic E-state index is 12.2. The molecular formula is C16H29N3O4. The summed E-state index contributed by atoms with van der Waals surface area (Å²) in [7, 11) is 2.12. The highest BCUT2D eigenvalue weighted by Crippen LogP contribution is 2.21. The predicted octanol–water partition coefficient (Wildman–Crippen LogP) is 0.153. The zero-order valence-electron chi connectivity index (χ0n) is 14.2. The Balaban J connectivity index is 1.78. The Morgan fingerprint density at radius 1 is 1.22 bits per heavy atom. The van der Waals surface area contributed by atoms with Gasteiger partial charge in [0, 0.05) is 64.7 Å². The van der Waals surface area contributed by atoms with Gasteiger partial charge in [-0.2, -0.15) is 0 Å². The van der Waals surface area contributed by atoms with Crippen LogP contribution >= 0.6 is 0 Å². The van der Waals surface area contributed by atoms with Crippen molar-refractivity contribution >= 4 is 11.9 Å². The van der Waals surface area contributed by atoms with Crippen molar-refractivity contribution in [3.05, 3.63) is 0 Å². The number of nitrogens with one attached hydrogen (secondary N) is 1. The van der Waals surface area contributed by atoms with Crippen LogP contribution in [-0.4, -0.2) is 84.8 Å². The van der Waals surface area contributed by atoms with Gasteiger partial charge in [-0.3, -0.25) is 9.69 Å². The summed E-state index contributed by atoms with van der Waals surface area (Å²) in [4.78, 5) is 28.5. The minimum atomic E-state index is -1.15. The van der Waals surface area contributed by atoms with Crippen LogP contribution in [0.1, 0.15) is 32.6 Å². The molecule has 2 aliphatic heterocycles. The van der Waals surface area contributed by atoms with Gasteiger partial charge < -0.3 is 20.1 Å². The van der Waals surface area contributed by atoms with E-state index in [1.165, 1.54) is 0 Å². The third-order valence-corrected chi connectivity index (χ3v) is 5.08. The molecule has 0 aromatic heterocycles. The maximum Gasteiger partial charge on any atom is 0.329 e. The van der Waals surface area contributed by atoms with Crippen LogP contribution in [0.4, 0.5) is 0 Å². The van der Waals surface area contributed by atoms with Crippen LogP contribution in [0.25, 0.3) is 0 Å². The number of aliphatic carboxylic acids is 1. The van der Waals surface area contributed by atoms with Crippen LogP contribution in [0, 0.1) is 0 Å². The number of amides is 1. The van der Waals surface area contributed by atoms with Gasteiger partial charge in [0.15, 0.2) is 0 Å². The summed E-state index contributed by atoms with van der Waals surface area (Å²) in [6, 6.07) is 0.338. The van der Waals surface area contributed by atoms with Crippen molar-refractivity contribution in [3.63, 3.8) is 0 Å². The van der Waals surface area contributed by atoms with Crippen LogP contribution in [0.3, 0.4) is 0 Å². The predicted molar refractivity (Wildman–Crippen MR) is 86.3 cm³/mol. The molecule has 2 rings (SSSR count). The number of nitrogens with zero attached hydrogens (tertiary/aromatic N) is 2. The second-order valence-corrected chi connectivity index (χ2v) is 6.77. The van der Waals surface area contributed by atoms with Crippen LogP contribution in [0.2, 0.25) is 0 Å². The summed E-state index contributed by atoms with van der Waals surface area (Å²) in [5, 5.41) is 12.2. The van der Waals surface area contributed by atoms with Gasteiger partial charge in [0.1, 0.15) is 5.54 Å². The van der Waals surface area contributed by atoms with E-state index < -0.39 is 11.5 Å². The zero-order valence-corrected chi connectivity index (χ0v) is 14.2. The average molecular weight is 327 g/mol. The van der Waals surface area contributed by atoms with E-state index in [0.29, 0.717) is 38.5 Å². The molecule has 7 heteroatoms.